The van der Waals surface area contributed by atoms with Crippen LogP contribution in [0.4, 0.5) is 0 Å². The zero-order valence-electron chi connectivity index (χ0n) is 15.0. The Morgan fingerprint density at radius 3 is 1.65 bits per heavy atom. The van der Waals surface area contributed by atoms with Crippen LogP contribution in [0.25, 0.3) is 0 Å². The van der Waals surface area contributed by atoms with Crippen molar-refractivity contribution in [2.75, 3.05) is 13.1 Å². The molecule has 26 heavy (non-hydrogen) atoms. The number of carboxylic acids is 4. The van der Waals surface area contributed by atoms with Crippen LogP contribution in [0, 0.1) is 11.8 Å². The molecule has 0 spiro atoms. The molecule has 150 valence electrons. The van der Waals surface area contributed by atoms with Gasteiger partial charge in [0.1, 0.15) is 12.1 Å². The van der Waals surface area contributed by atoms with Gasteiger partial charge < -0.3 is 31.1 Å². The molecule has 0 aromatic heterocycles. The van der Waals surface area contributed by atoms with Gasteiger partial charge in [0.2, 0.25) is 0 Å². The van der Waals surface area contributed by atoms with Crippen molar-refractivity contribution in [1.82, 2.24) is 10.6 Å². The lowest BCUT2D eigenvalue weighted by molar-refractivity contribution is -0.146. The summed E-state index contributed by atoms with van der Waals surface area (Å²) in [4.78, 5) is 43.2. The molecule has 0 heterocycles. The van der Waals surface area contributed by atoms with Gasteiger partial charge in [-0.25, -0.2) is 0 Å². The number of hydrogen-bond acceptors (Lipinski definition) is 6. The van der Waals surface area contributed by atoms with E-state index in [4.69, 9.17) is 20.4 Å². The van der Waals surface area contributed by atoms with Crippen molar-refractivity contribution in [1.29, 1.82) is 0 Å². The first-order valence-electron chi connectivity index (χ1n) is 8.38. The van der Waals surface area contributed by atoms with Gasteiger partial charge in [-0.2, -0.15) is 0 Å². The summed E-state index contributed by atoms with van der Waals surface area (Å²) in [7, 11) is 0. The van der Waals surface area contributed by atoms with Crippen LogP contribution in [0.3, 0.4) is 0 Å². The summed E-state index contributed by atoms with van der Waals surface area (Å²) in [5, 5.41) is 40.7. The Bertz CT molecular complexity index is 497. The molecule has 0 aromatic rings. The van der Waals surface area contributed by atoms with E-state index in [1.54, 1.807) is 0 Å². The van der Waals surface area contributed by atoms with Gasteiger partial charge in [0.05, 0.1) is 12.8 Å². The summed E-state index contributed by atoms with van der Waals surface area (Å²) >= 11 is 0. The maximum atomic E-state index is 11.0. The summed E-state index contributed by atoms with van der Waals surface area (Å²) in [6, 6.07) is -2.27. The van der Waals surface area contributed by atoms with Gasteiger partial charge in [-0.15, -0.1) is 0 Å². The summed E-state index contributed by atoms with van der Waals surface area (Å²) in [5.41, 5.74) is 0. The summed E-state index contributed by atoms with van der Waals surface area (Å²) in [5.74, 6) is -4.51. The lowest BCUT2D eigenvalue weighted by Crippen LogP contribution is -2.41. The fraction of sp³-hybridized carbons (Fsp3) is 0.750. The molecule has 0 bridgehead atoms. The topological polar surface area (TPSA) is 173 Å². The normalized spacial score (nSPS) is 15.6. The molecule has 0 aliphatic heterocycles. The van der Waals surface area contributed by atoms with Crippen LogP contribution >= 0.6 is 0 Å². The van der Waals surface area contributed by atoms with E-state index in [9.17, 15) is 19.2 Å². The third-order valence-corrected chi connectivity index (χ3v) is 3.90. The summed E-state index contributed by atoms with van der Waals surface area (Å²) < 4.78 is 0. The zero-order valence-corrected chi connectivity index (χ0v) is 15.0. The third kappa shape index (κ3) is 11.4. The van der Waals surface area contributed by atoms with Crippen LogP contribution in [0.5, 0.6) is 0 Å². The van der Waals surface area contributed by atoms with Crippen molar-refractivity contribution in [3.8, 4) is 0 Å². The molecule has 0 fully saturated rings. The molecule has 4 atom stereocenters. The Labute approximate surface area is 151 Å². The minimum atomic E-state index is -1.21. The van der Waals surface area contributed by atoms with Crippen molar-refractivity contribution in [2.45, 2.75) is 51.6 Å². The van der Waals surface area contributed by atoms with Gasteiger partial charge in [0.25, 0.3) is 0 Å². The molecule has 10 nitrogen and oxygen atoms in total. The van der Waals surface area contributed by atoms with Gasteiger partial charge in [-0.1, -0.05) is 13.8 Å². The zero-order chi connectivity index (χ0) is 20.3. The Morgan fingerprint density at radius 2 is 1.23 bits per heavy atom. The lowest BCUT2D eigenvalue weighted by atomic mass is 9.94. The molecular formula is C16H28N2O8. The number of hydrogen-bond donors (Lipinski definition) is 6. The quantitative estimate of drug-likeness (QED) is 0.229. The Kier molecular flexibility index (Phi) is 11.2. The van der Waals surface area contributed by atoms with E-state index >= 15 is 0 Å². The predicted octanol–water partition coefficient (Wildman–Crippen LogP) is 0.0738. The second-order valence-electron chi connectivity index (χ2n) is 6.57. The smallest absolute Gasteiger partial charge is 0.321 e. The van der Waals surface area contributed by atoms with Crippen LogP contribution in [0.1, 0.15) is 39.5 Å². The average molecular weight is 376 g/mol. The van der Waals surface area contributed by atoms with Gasteiger partial charge in [-0.3, -0.25) is 19.2 Å². The van der Waals surface area contributed by atoms with Gasteiger partial charge >= 0.3 is 23.9 Å². The third-order valence-electron chi connectivity index (χ3n) is 3.90. The number of carbonyl (C=O) groups is 4. The maximum absolute atomic E-state index is 11.0. The maximum Gasteiger partial charge on any atom is 0.321 e. The molecule has 2 unspecified atom stereocenters. The van der Waals surface area contributed by atoms with E-state index in [1.165, 1.54) is 0 Å². The second-order valence-corrected chi connectivity index (χ2v) is 6.57. The van der Waals surface area contributed by atoms with Gasteiger partial charge in [-0.05, 0) is 37.8 Å². The van der Waals surface area contributed by atoms with E-state index in [0.29, 0.717) is 19.5 Å². The largest absolute Gasteiger partial charge is 0.481 e. The fourth-order valence-corrected chi connectivity index (χ4v) is 2.58. The van der Waals surface area contributed by atoms with E-state index in [-0.39, 0.29) is 11.8 Å². The van der Waals surface area contributed by atoms with E-state index in [1.807, 2.05) is 13.8 Å². The number of rotatable bonds is 15. The van der Waals surface area contributed by atoms with E-state index in [2.05, 4.69) is 10.6 Å². The SMILES string of the molecule is CC(CCN[C@@H](CC(=O)O)C(=O)O)CC(C)CN[C@@H](CC(=O)O)C(=O)O. The molecule has 0 aliphatic carbocycles. The minimum absolute atomic E-state index is 0.0925. The second kappa shape index (κ2) is 12.2. The standard InChI is InChI=1S/C16H28N2O8/c1-9(3-4-17-11(15(23)24)6-13(19)20)5-10(2)8-18-12(16(25)26)7-14(21)22/h9-12,17-18H,3-8H2,1-2H3,(H,19,20)(H,21,22)(H,23,24)(H,25,26)/t9?,10?,11-,12-/m0/s1. The molecule has 0 aromatic carbocycles. The van der Waals surface area contributed by atoms with Crippen molar-refractivity contribution in [2.24, 2.45) is 11.8 Å². The lowest BCUT2D eigenvalue weighted by Gasteiger charge is -2.21. The average Bonchev–Trinajstić information content (AvgIpc) is 2.49. The number of nitrogens with one attached hydrogen (secondary N) is 2. The van der Waals surface area contributed by atoms with Crippen molar-refractivity contribution in [3.05, 3.63) is 0 Å². The highest BCUT2D eigenvalue weighted by atomic mass is 16.4. The Hall–Kier alpha value is -2.20. The van der Waals surface area contributed by atoms with Crippen molar-refractivity contribution >= 4 is 23.9 Å². The highest BCUT2D eigenvalue weighted by Gasteiger charge is 2.22. The van der Waals surface area contributed by atoms with Crippen LogP contribution in [-0.2, 0) is 19.2 Å². The summed E-state index contributed by atoms with van der Waals surface area (Å²) in [6.07, 6.45) is 0.363. The van der Waals surface area contributed by atoms with Crippen LogP contribution in [0.15, 0.2) is 0 Å². The van der Waals surface area contributed by atoms with Crippen LogP contribution < -0.4 is 10.6 Å². The summed E-state index contributed by atoms with van der Waals surface area (Å²) in [6.45, 7) is 4.55. The molecule has 0 amide bonds. The highest BCUT2D eigenvalue weighted by molar-refractivity contribution is 5.81. The van der Waals surface area contributed by atoms with Gasteiger partial charge in [0, 0.05) is 0 Å². The molecule has 0 rings (SSSR count). The molecule has 6 N–H and O–H groups in total. The molecular weight excluding hydrogens is 348 g/mol. The Morgan fingerprint density at radius 1 is 0.769 bits per heavy atom. The van der Waals surface area contributed by atoms with Crippen molar-refractivity contribution < 1.29 is 39.6 Å². The molecule has 10 heteroatoms. The van der Waals surface area contributed by atoms with E-state index in [0.717, 1.165) is 6.42 Å². The van der Waals surface area contributed by atoms with Crippen molar-refractivity contribution in [3.63, 3.8) is 0 Å². The number of carboxylic acid groups (broad SMARTS) is 4. The first kappa shape index (κ1) is 23.8. The van der Waals surface area contributed by atoms with Crippen LogP contribution in [-0.4, -0.2) is 69.5 Å². The Balaban J connectivity index is 4.19. The highest BCUT2D eigenvalue weighted by Crippen LogP contribution is 2.14. The number of aliphatic carboxylic acids is 4. The molecule has 0 radical (unpaired) electrons. The minimum Gasteiger partial charge on any atom is -0.481 e. The molecule has 0 saturated heterocycles. The van der Waals surface area contributed by atoms with Crippen LogP contribution in [0.2, 0.25) is 0 Å². The monoisotopic (exact) mass is 376 g/mol. The molecule has 0 aliphatic rings. The fourth-order valence-electron chi connectivity index (χ4n) is 2.58. The predicted molar refractivity (Wildman–Crippen MR) is 90.9 cm³/mol. The molecule has 0 saturated carbocycles. The van der Waals surface area contributed by atoms with E-state index < -0.39 is 48.8 Å². The first-order valence-corrected chi connectivity index (χ1v) is 8.38. The first-order chi connectivity index (χ1) is 12.0. The van der Waals surface area contributed by atoms with Gasteiger partial charge in [0.15, 0.2) is 0 Å².